The standard InChI is InChI=1S/C23H44N2O3/c1-3-4-5-6-7-8-9-10-11-12-13-14-15-16-17-18-25-23(27)28-20-22(2)19-24-21-26/h22H,3-20H2,1-2H3,(H,25,27). The molecule has 0 heterocycles. The molecule has 0 fully saturated rings. The summed E-state index contributed by atoms with van der Waals surface area (Å²) in [6, 6.07) is 0. The number of rotatable bonds is 20. The number of carbonyl (C=O) groups excluding carboxylic acids is 2. The summed E-state index contributed by atoms with van der Waals surface area (Å²) < 4.78 is 5.09. The molecule has 0 aromatic rings. The van der Waals surface area contributed by atoms with E-state index in [1.54, 1.807) is 0 Å². The summed E-state index contributed by atoms with van der Waals surface area (Å²) >= 11 is 0. The summed E-state index contributed by atoms with van der Waals surface area (Å²) in [5, 5.41) is 2.77. The van der Waals surface area contributed by atoms with E-state index in [9.17, 15) is 9.59 Å². The number of isocyanates is 1. The second-order valence-electron chi connectivity index (χ2n) is 8.01. The zero-order valence-electron chi connectivity index (χ0n) is 18.5. The van der Waals surface area contributed by atoms with Crippen LogP contribution in [-0.4, -0.2) is 31.9 Å². The first-order valence-corrected chi connectivity index (χ1v) is 11.6. The maximum atomic E-state index is 11.5. The number of nitrogens with one attached hydrogen (secondary N) is 1. The van der Waals surface area contributed by atoms with Crippen molar-refractivity contribution in [3.05, 3.63) is 0 Å². The molecule has 0 spiro atoms. The molecule has 0 bridgehead atoms. The summed E-state index contributed by atoms with van der Waals surface area (Å²) in [4.78, 5) is 25.0. The Labute approximate surface area is 173 Å². The van der Waals surface area contributed by atoms with Crippen LogP contribution >= 0.6 is 0 Å². The average Bonchev–Trinajstić information content (AvgIpc) is 2.70. The van der Waals surface area contributed by atoms with Gasteiger partial charge in [-0.3, -0.25) is 0 Å². The zero-order valence-corrected chi connectivity index (χ0v) is 18.5. The molecular formula is C23H44N2O3. The quantitative estimate of drug-likeness (QED) is 0.144. The van der Waals surface area contributed by atoms with E-state index in [1.165, 1.54) is 89.6 Å². The molecule has 0 aliphatic heterocycles. The molecule has 0 radical (unpaired) electrons. The fourth-order valence-electron chi connectivity index (χ4n) is 3.20. The van der Waals surface area contributed by atoms with Gasteiger partial charge in [0.2, 0.25) is 6.08 Å². The smallest absolute Gasteiger partial charge is 0.407 e. The van der Waals surface area contributed by atoms with E-state index in [2.05, 4.69) is 17.2 Å². The third-order valence-electron chi connectivity index (χ3n) is 5.02. The molecule has 0 saturated heterocycles. The lowest BCUT2D eigenvalue weighted by molar-refractivity contribution is 0.131. The largest absolute Gasteiger partial charge is 0.449 e. The van der Waals surface area contributed by atoms with Gasteiger partial charge in [0.15, 0.2) is 0 Å². The third-order valence-corrected chi connectivity index (χ3v) is 5.02. The van der Waals surface area contributed by atoms with Crippen LogP contribution in [0.2, 0.25) is 0 Å². The number of ether oxygens (including phenoxy) is 1. The summed E-state index contributed by atoms with van der Waals surface area (Å²) in [5.74, 6) is 0.0398. The summed E-state index contributed by atoms with van der Waals surface area (Å²) in [6.45, 7) is 5.43. The molecule has 1 N–H and O–H groups in total. The van der Waals surface area contributed by atoms with Crippen LogP contribution in [0.1, 0.15) is 110 Å². The van der Waals surface area contributed by atoms with E-state index in [1.807, 2.05) is 6.92 Å². The predicted molar refractivity (Wildman–Crippen MR) is 116 cm³/mol. The summed E-state index contributed by atoms with van der Waals surface area (Å²) in [5.41, 5.74) is 0. The Balaban J connectivity index is 3.21. The van der Waals surface area contributed by atoms with E-state index < -0.39 is 0 Å². The van der Waals surface area contributed by atoms with Gasteiger partial charge in [0.25, 0.3) is 0 Å². The zero-order chi connectivity index (χ0) is 20.7. The normalized spacial score (nSPS) is 11.6. The number of hydrogen-bond donors (Lipinski definition) is 1. The number of hydrogen-bond acceptors (Lipinski definition) is 4. The maximum absolute atomic E-state index is 11.5. The third kappa shape index (κ3) is 21.0. The van der Waals surface area contributed by atoms with Gasteiger partial charge < -0.3 is 10.1 Å². The highest BCUT2D eigenvalue weighted by Crippen LogP contribution is 2.13. The Hall–Kier alpha value is -1.35. The van der Waals surface area contributed by atoms with E-state index in [4.69, 9.17) is 4.74 Å². The molecule has 5 heteroatoms. The SMILES string of the molecule is CCCCCCCCCCCCCCCCCNC(=O)OCC(C)CN=C=O. The monoisotopic (exact) mass is 396 g/mol. The lowest BCUT2D eigenvalue weighted by Gasteiger charge is -2.10. The number of amides is 1. The lowest BCUT2D eigenvalue weighted by Crippen LogP contribution is -2.27. The second kappa shape index (κ2) is 21.9. The topological polar surface area (TPSA) is 67.8 Å². The Bertz CT molecular complexity index is 395. The Morgan fingerprint density at radius 3 is 1.79 bits per heavy atom. The minimum Gasteiger partial charge on any atom is -0.449 e. The van der Waals surface area contributed by atoms with Gasteiger partial charge in [-0.1, -0.05) is 104 Å². The van der Waals surface area contributed by atoms with Crippen LogP contribution in [-0.2, 0) is 9.53 Å². The highest BCUT2D eigenvalue weighted by molar-refractivity contribution is 5.67. The number of nitrogens with zero attached hydrogens (tertiary/aromatic N) is 1. The average molecular weight is 397 g/mol. The van der Waals surface area contributed by atoms with Gasteiger partial charge in [0.05, 0.1) is 13.2 Å². The van der Waals surface area contributed by atoms with Gasteiger partial charge in [-0.25, -0.2) is 14.6 Å². The fraction of sp³-hybridized carbons (Fsp3) is 0.913. The van der Waals surface area contributed by atoms with Crippen molar-refractivity contribution >= 4 is 12.2 Å². The first kappa shape index (κ1) is 26.6. The van der Waals surface area contributed by atoms with Crippen LogP contribution in [0.3, 0.4) is 0 Å². The van der Waals surface area contributed by atoms with Crippen LogP contribution in [0.5, 0.6) is 0 Å². The van der Waals surface area contributed by atoms with Crippen molar-refractivity contribution in [2.24, 2.45) is 10.9 Å². The molecule has 0 aliphatic carbocycles. The number of carbonyl (C=O) groups is 1. The van der Waals surface area contributed by atoms with Gasteiger partial charge in [0.1, 0.15) is 0 Å². The van der Waals surface area contributed by atoms with E-state index in [-0.39, 0.29) is 18.6 Å². The predicted octanol–water partition coefficient (Wildman–Crippen LogP) is 6.56. The van der Waals surface area contributed by atoms with Crippen molar-refractivity contribution in [3.8, 4) is 0 Å². The Morgan fingerprint density at radius 2 is 1.32 bits per heavy atom. The number of aliphatic imine (C=N–C) groups is 1. The van der Waals surface area contributed by atoms with Crippen molar-refractivity contribution < 1.29 is 14.3 Å². The highest BCUT2D eigenvalue weighted by atomic mass is 16.5. The van der Waals surface area contributed by atoms with Gasteiger partial charge in [-0.15, -0.1) is 0 Å². The summed E-state index contributed by atoms with van der Waals surface area (Å²) in [6.07, 6.45) is 21.2. The van der Waals surface area contributed by atoms with Crippen molar-refractivity contribution in [2.45, 2.75) is 110 Å². The first-order chi connectivity index (χ1) is 13.7. The molecule has 0 aromatic heterocycles. The molecular weight excluding hydrogens is 352 g/mol. The number of alkyl carbamates (subject to hydrolysis) is 1. The molecule has 5 nitrogen and oxygen atoms in total. The summed E-state index contributed by atoms with van der Waals surface area (Å²) in [7, 11) is 0. The Kier molecular flexibility index (Phi) is 20.9. The molecule has 1 amide bonds. The molecule has 1 unspecified atom stereocenters. The van der Waals surface area contributed by atoms with Crippen molar-refractivity contribution in [2.75, 3.05) is 19.7 Å². The molecule has 0 saturated carbocycles. The van der Waals surface area contributed by atoms with Crippen molar-refractivity contribution in [1.29, 1.82) is 0 Å². The molecule has 1 atom stereocenters. The second-order valence-corrected chi connectivity index (χ2v) is 8.01. The molecule has 0 aliphatic rings. The van der Waals surface area contributed by atoms with Crippen molar-refractivity contribution in [1.82, 2.24) is 5.32 Å². The molecule has 164 valence electrons. The van der Waals surface area contributed by atoms with Gasteiger partial charge in [0, 0.05) is 12.5 Å². The van der Waals surface area contributed by atoms with Gasteiger partial charge in [-0.05, 0) is 6.42 Å². The van der Waals surface area contributed by atoms with Crippen LogP contribution in [0.25, 0.3) is 0 Å². The van der Waals surface area contributed by atoms with Crippen LogP contribution < -0.4 is 5.32 Å². The maximum Gasteiger partial charge on any atom is 0.407 e. The van der Waals surface area contributed by atoms with E-state index >= 15 is 0 Å². The van der Waals surface area contributed by atoms with Gasteiger partial charge >= 0.3 is 6.09 Å². The Morgan fingerprint density at radius 1 is 0.857 bits per heavy atom. The van der Waals surface area contributed by atoms with Crippen LogP contribution in [0, 0.1) is 5.92 Å². The van der Waals surface area contributed by atoms with Crippen molar-refractivity contribution in [3.63, 3.8) is 0 Å². The number of unbranched alkanes of at least 4 members (excludes halogenated alkanes) is 14. The van der Waals surface area contributed by atoms with Crippen LogP contribution in [0.15, 0.2) is 4.99 Å². The highest BCUT2D eigenvalue weighted by Gasteiger charge is 2.06. The van der Waals surface area contributed by atoms with E-state index in [0.717, 1.165) is 12.8 Å². The molecule has 0 rings (SSSR count). The van der Waals surface area contributed by atoms with Crippen LogP contribution in [0.4, 0.5) is 4.79 Å². The first-order valence-electron chi connectivity index (χ1n) is 11.6. The minimum atomic E-state index is -0.382. The van der Waals surface area contributed by atoms with E-state index in [0.29, 0.717) is 13.1 Å². The molecule has 0 aromatic carbocycles. The minimum absolute atomic E-state index is 0.0398. The lowest BCUT2D eigenvalue weighted by atomic mass is 10.0. The van der Waals surface area contributed by atoms with Gasteiger partial charge in [-0.2, -0.15) is 0 Å². The molecule has 28 heavy (non-hydrogen) atoms. The fourth-order valence-corrected chi connectivity index (χ4v) is 3.20.